The first kappa shape index (κ1) is 18.4. The lowest BCUT2D eigenvalue weighted by atomic mass is 9.96. The molecule has 24 heavy (non-hydrogen) atoms. The summed E-state index contributed by atoms with van der Waals surface area (Å²) in [5, 5.41) is 3.06. The van der Waals surface area contributed by atoms with Crippen molar-refractivity contribution in [1.82, 2.24) is 4.90 Å². The number of methoxy groups -OCH3 is 2. The summed E-state index contributed by atoms with van der Waals surface area (Å²) in [5.41, 5.74) is 0.622. The van der Waals surface area contributed by atoms with Crippen molar-refractivity contribution in [2.24, 2.45) is 5.92 Å². The minimum absolute atomic E-state index is 0.192. The SMILES string of the molecule is CCC1CCCN(C(=O)Nc2cc(OC)c(C(=O)OC)cc2Cl)C1. The number of amides is 2. The van der Waals surface area contributed by atoms with Crippen LogP contribution in [0.1, 0.15) is 36.5 Å². The number of hydrogen-bond donors (Lipinski definition) is 1. The van der Waals surface area contributed by atoms with Crippen LogP contribution in [-0.4, -0.2) is 44.2 Å². The van der Waals surface area contributed by atoms with E-state index >= 15 is 0 Å². The molecule has 2 rings (SSSR count). The third-order valence-corrected chi connectivity index (χ3v) is 4.63. The zero-order valence-corrected chi connectivity index (χ0v) is 15.0. The minimum Gasteiger partial charge on any atom is -0.496 e. The molecule has 0 spiro atoms. The van der Waals surface area contributed by atoms with Crippen molar-refractivity contribution in [1.29, 1.82) is 0 Å². The van der Waals surface area contributed by atoms with Gasteiger partial charge < -0.3 is 19.7 Å². The molecule has 0 bridgehead atoms. The Kier molecular flexibility index (Phi) is 6.31. The molecule has 1 aromatic rings. The number of hydrogen-bond acceptors (Lipinski definition) is 4. The fourth-order valence-electron chi connectivity index (χ4n) is 2.86. The highest BCUT2D eigenvalue weighted by Gasteiger charge is 2.24. The number of benzene rings is 1. The van der Waals surface area contributed by atoms with Crippen molar-refractivity contribution in [2.75, 3.05) is 32.6 Å². The predicted molar refractivity (Wildman–Crippen MR) is 93.0 cm³/mol. The fourth-order valence-corrected chi connectivity index (χ4v) is 3.08. The number of likely N-dealkylation sites (tertiary alicyclic amines) is 1. The van der Waals surface area contributed by atoms with E-state index in [9.17, 15) is 9.59 Å². The predicted octanol–water partition coefficient (Wildman–Crippen LogP) is 3.79. The molecule has 1 saturated heterocycles. The molecule has 7 heteroatoms. The number of esters is 1. The van der Waals surface area contributed by atoms with Gasteiger partial charge in [-0.1, -0.05) is 24.9 Å². The van der Waals surface area contributed by atoms with Crippen LogP contribution in [0.25, 0.3) is 0 Å². The Morgan fingerprint density at radius 3 is 2.75 bits per heavy atom. The van der Waals surface area contributed by atoms with Crippen molar-refractivity contribution in [3.8, 4) is 5.75 Å². The molecule has 1 aliphatic rings. The van der Waals surface area contributed by atoms with E-state index in [0.29, 0.717) is 17.4 Å². The summed E-state index contributed by atoms with van der Waals surface area (Å²) in [7, 11) is 2.73. The van der Waals surface area contributed by atoms with Crippen LogP contribution in [0.5, 0.6) is 5.75 Å². The highest BCUT2D eigenvalue weighted by molar-refractivity contribution is 6.34. The minimum atomic E-state index is -0.548. The molecule has 0 radical (unpaired) electrons. The molecular weight excluding hydrogens is 332 g/mol. The van der Waals surface area contributed by atoms with E-state index in [2.05, 4.69) is 12.2 Å². The Morgan fingerprint density at radius 2 is 2.12 bits per heavy atom. The summed E-state index contributed by atoms with van der Waals surface area (Å²) in [4.78, 5) is 26.0. The number of anilines is 1. The molecule has 2 amide bonds. The van der Waals surface area contributed by atoms with Crippen molar-refractivity contribution in [3.05, 3.63) is 22.7 Å². The van der Waals surface area contributed by atoms with Crippen LogP contribution in [0.15, 0.2) is 12.1 Å². The number of carbonyl (C=O) groups is 2. The van der Waals surface area contributed by atoms with Gasteiger partial charge in [-0.3, -0.25) is 0 Å². The molecule has 0 aromatic heterocycles. The van der Waals surface area contributed by atoms with Crippen LogP contribution in [0.4, 0.5) is 10.5 Å². The summed E-state index contributed by atoms with van der Waals surface area (Å²) in [6, 6.07) is 2.78. The standard InChI is InChI=1S/C17H23ClN2O4/c1-4-11-6-5-7-20(10-11)17(22)19-14-9-15(23-2)12(8-13(14)18)16(21)24-3/h8-9,11H,4-7,10H2,1-3H3,(H,19,22). The number of piperidine rings is 1. The average molecular weight is 355 g/mol. The largest absolute Gasteiger partial charge is 0.496 e. The molecule has 1 fully saturated rings. The lowest BCUT2D eigenvalue weighted by Crippen LogP contribution is -2.42. The second-order valence-electron chi connectivity index (χ2n) is 5.82. The van der Waals surface area contributed by atoms with Gasteiger partial charge in [0.05, 0.1) is 24.9 Å². The molecular formula is C17H23ClN2O4. The zero-order chi connectivity index (χ0) is 17.7. The molecule has 132 valence electrons. The van der Waals surface area contributed by atoms with Gasteiger partial charge in [0, 0.05) is 19.2 Å². The summed E-state index contributed by atoms with van der Waals surface area (Å²) in [6.45, 7) is 3.62. The van der Waals surface area contributed by atoms with Gasteiger partial charge in [0.2, 0.25) is 0 Å². The van der Waals surface area contributed by atoms with Crippen molar-refractivity contribution < 1.29 is 19.1 Å². The monoisotopic (exact) mass is 354 g/mol. The molecule has 1 atom stereocenters. The van der Waals surface area contributed by atoms with Crippen LogP contribution in [-0.2, 0) is 4.74 Å². The van der Waals surface area contributed by atoms with Gasteiger partial charge in [-0.25, -0.2) is 9.59 Å². The number of nitrogens with one attached hydrogen (secondary N) is 1. The first-order valence-corrected chi connectivity index (χ1v) is 8.39. The molecule has 0 aliphatic carbocycles. The quantitative estimate of drug-likeness (QED) is 0.835. The van der Waals surface area contributed by atoms with Gasteiger partial charge in [-0.15, -0.1) is 0 Å². The van der Waals surface area contributed by atoms with E-state index in [1.54, 1.807) is 4.90 Å². The lowest BCUT2D eigenvalue weighted by Gasteiger charge is -2.32. The molecule has 1 heterocycles. The van der Waals surface area contributed by atoms with Crippen LogP contribution in [0.3, 0.4) is 0 Å². The van der Waals surface area contributed by atoms with Crippen LogP contribution < -0.4 is 10.1 Å². The maximum absolute atomic E-state index is 12.5. The third-order valence-electron chi connectivity index (χ3n) is 4.32. The van der Waals surface area contributed by atoms with Crippen molar-refractivity contribution >= 4 is 29.3 Å². The molecule has 0 saturated carbocycles. The molecule has 1 aromatic carbocycles. The highest BCUT2D eigenvalue weighted by atomic mass is 35.5. The molecule has 1 N–H and O–H groups in total. The highest BCUT2D eigenvalue weighted by Crippen LogP contribution is 2.32. The second-order valence-corrected chi connectivity index (χ2v) is 6.22. The maximum atomic E-state index is 12.5. The van der Waals surface area contributed by atoms with E-state index in [1.165, 1.54) is 26.4 Å². The summed E-state index contributed by atoms with van der Waals surface area (Å²) in [6.07, 6.45) is 3.22. The van der Waals surface area contributed by atoms with Crippen LogP contribution in [0.2, 0.25) is 5.02 Å². The van der Waals surface area contributed by atoms with Gasteiger partial charge in [-0.2, -0.15) is 0 Å². The smallest absolute Gasteiger partial charge is 0.341 e. The van der Waals surface area contributed by atoms with Crippen LogP contribution in [0, 0.1) is 5.92 Å². The maximum Gasteiger partial charge on any atom is 0.341 e. The first-order valence-electron chi connectivity index (χ1n) is 8.01. The molecule has 1 aliphatic heterocycles. The van der Waals surface area contributed by atoms with E-state index in [-0.39, 0.29) is 16.6 Å². The Labute approximate surface area is 147 Å². The Bertz CT molecular complexity index is 621. The van der Waals surface area contributed by atoms with E-state index in [4.69, 9.17) is 21.1 Å². The summed E-state index contributed by atoms with van der Waals surface area (Å²) in [5.74, 6) is 0.288. The Hall–Kier alpha value is -1.95. The van der Waals surface area contributed by atoms with Gasteiger partial charge >= 0.3 is 12.0 Å². The molecule has 1 unspecified atom stereocenters. The average Bonchev–Trinajstić information content (AvgIpc) is 2.62. The Morgan fingerprint density at radius 1 is 1.38 bits per heavy atom. The normalized spacial score (nSPS) is 17.3. The number of rotatable bonds is 4. The van der Waals surface area contributed by atoms with Crippen molar-refractivity contribution in [2.45, 2.75) is 26.2 Å². The Balaban J connectivity index is 2.17. The number of halogens is 1. The third kappa shape index (κ3) is 4.12. The summed E-state index contributed by atoms with van der Waals surface area (Å²) >= 11 is 6.20. The first-order chi connectivity index (χ1) is 11.5. The van der Waals surface area contributed by atoms with Gasteiger partial charge in [0.25, 0.3) is 0 Å². The van der Waals surface area contributed by atoms with E-state index in [1.807, 2.05) is 0 Å². The number of nitrogens with zero attached hydrogens (tertiary/aromatic N) is 1. The topological polar surface area (TPSA) is 67.9 Å². The van der Waals surface area contributed by atoms with E-state index < -0.39 is 5.97 Å². The number of urea groups is 1. The number of ether oxygens (including phenoxy) is 2. The van der Waals surface area contributed by atoms with E-state index in [0.717, 1.165) is 32.4 Å². The van der Waals surface area contributed by atoms with Crippen LogP contribution >= 0.6 is 11.6 Å². The lowest BCUT2D eigenvalue weighted by molar-refractivity contribution is 0.0597. The second kappa shape index (κ2) is 8.24. The fraction of sp³-hybridized carbons (Fsp3) is 0.529. The van der Waals surface area contributed by atoms with Gasteiger partial charge in [-0.05, 0) is 24.8 Å². The number of carbonyl (C=O) groups excluding carboxylic acids is 2. The molecule has 6 nitrogen and oxygen atoms in total. The van der Waals surface area contributed by atoms with Gasteiger partial charge in [0.15, 0.2) is 0 Å². The zero-order valence-electron chi connectivity index (χ0n) is 14.2. The summed E-state index contributed by atoms with van der Waals surface area (Å²) < 4.78 is 9.90. The van der Waals surface area contributed by atoms with Crippen molar-refractivity contribution in [3.63, 3.8) is 0 Å². The van der Waals surface area contributed by atoms with Gasteiger partial charge in [0.1, 0.15) is 11.3 Å².